The molecule has 1 N–H and O–H groups in total. The molecular formula is C8H4N4O2. The third-order valence-corrected chi connectivity index (χ3v) is 1.84. The van der Waals surface area contributed by atoms with Crippen LogP contribution < -0.4 is 0 Å². The Hall–Kier alpha value is -2.42. The molecule has 1 aromatic heterocycles. The Labute approximate surface area is 78.0 Å². The average Bonchev–Trinajstić information content (AvgIpc) is 2.63. The van der Waals surface area contributed by atoms with Gasteiger partial charge < -0.3 is 4.98 Å². The van der Waals surface area contributed by atoms with Crippen LogP contribution >= 0.6 is 0 Å². The van der Waals surface area contributed by atoms with Crippen LogP contribution in [0.3, 0.4) is 0 Å². The minimum atomic E-state index is -0.541. The molecule has 0 unspecified atom stereocenters. The first-order valence-electron chi connectivity index (χ1n) is 3.74. The first-order valence-corrected chi connectivity index (χ1v) is 3.74. The SMILES string of the molecule is N#Cc1cc([N+](=O)[O-])cc2[nH]cnc12. The molecule has 0 radical (unpaired) electrons. The predicted molar refractivity (Wildman–Crippen MR) is 47.5 cm³/mol. The number of nitro groups is 1. The lowest BCUT2D eigenvalue weighted by Crippen LogP contribution is -1.89. The maximum atomic E-state index is 10.5. The molecule has 0 saturated carbocycles. The summed E-state index contributed by atoms with van der Waals surface area (Å²) in [4.78, 5) is 16.6. The van der Waals surface area contributed by atoms with Gasteiger partial charge in [0.15, 0.2) is 0 Å². The van der Waals surface area contributed by atoms with Crippen LogP contribution in [-0.4, -0.2) is 14.9 Å². The number of non-ortho nitro benzene ring substituents is 1. The maximum absolute atomic E-state index is 10.5. The zero-order valence-corrected chi connectivity index (χ0v) is 6.89. The lowest BCUT2D eigenvalue weighted by Gasteiger charge is -1.93. The monoisotopic (exact) mass is 188 g/mol. The summed E-state index contributed by atoms with van der Waals surface area (Å²) in [6.07, 6.45) is 1.40. The molecule has 6 heteroatoms. The van der Waals surface area contributed by atoms with Crippen molar-refractivity contribution in [3.05, 3.63) is 34.1 Å². The summed E-state index contributed by atoms with van der Waals surface area (Å²) in [7, 11) is 0. The summed E-state index contributed by atoms with van der Waals surface area (Å²) in [5.74, 6) is 0. The van der Waals surface area contributed by atoms with Crippen LogP contribution in [0, 0.1) is 21.4 Å². The second-order valence-electron chi connectivity index (χ2n) is 2.66. The molecule has 2 rings (SSSR count). The van der Waals surface area contributed by atoms with E-state index in [0.717, 1.165) is 0 Å². The number of nitrogens with zero attached hydrogens (tertiary/aromatic N) is 3. The molecule has 0 aliphatic heterocycles. The topological polar surface area (TPSA) is 95.6 Å². The zero-order valence-electron chi connectivity index (χ0n) is 6.89. The zero-order chi connectivity index (χ0) is 10.1. The summed E-state index contributed by atoms with van der Waals surface area (Å²) in [6.45, 7) is 0. The van der Waals surface area contributed by atoms with Crippen LogP contribution in [0.2, 0.25) is 0 Å². The Morgan fingerprint density at radius 2 is 2.36 bits per heavy atom. The van der Waals surface area contributed by atoms with Crippen molar-refractivity contribution in [3.8, 4) is 6.07 Å². The quantitative estimate of drug-likeness (QED) is 0.539. The van der Waals surface area contributed by atoms with E-state index in [1.165, 1.54) is 18.5 Å². The van der Waals surface area contributed by atoms with Gasteiger partial charge in [0.25, 0.3) is 5.69 Å². The van der Waals surface area contributed by atoms with Gasteiger partial charge in [0.05, 0.1) is 22.3 Å². The number of hydrogen-bond acceptors (Lipinski definition) is 4. The number of nitriles is 1. The van der Waals surface area contributed by atoms with Crippen molar-refractivity contribution in [1.82, 2.24) is 9.97 Å². The molecule has 0 aliphatic rings. The number of aromatic nitrogens is 2. The highest BCUT2D eigenvalue weighted by Crippen LogP contribution is 2.21. The fraction of sp³-hybridized carbons (Fsp3) is 0. The van der Waals surface area contributed by atoms with E-state index in [-0.39, 0.29) is 11.3 Å². The molecule has 1 heterocycles. The Bertz CT molecular complexity index is 552. The summed E-state index contributed by atoms with van der Waals surface area (Å²) in [6, 6.07) is 4.43. The van der Waals surface area contributed by atoms with E-state index in [9.17, 15) is 10.1 Å². The van der Waals surface area contributed by atoms with Gasteiger partial charge in [-0.05, 0) is 0 Å². The molecule has 2 aromatic rings. The van der Waals surface area contributed by atoms with Crippen molar-refractivity contribution in [2.75, 3.05) is 0 Å². The summed E-state index contributed by atoms with van der Waals surface area (Å²) in [5.41, 5.74) is 1.04. The standard InChI is InChI=1S/C8H4N4O2/c9-3-5-1-6(12(13)14)2-7-8(5)11-4-10-7/h1-2,4H,(H,10,11). The predicted octanol–water partition coefficient (Wildman–Crippen LogP) is 1.34. The normalized spacial score (nSPS) is 9.93. The van der Waals surface area contributed by atoms with E-state index < -0.39 is 4.92 Å². The molecule has 0 amide bonds. The molecule has 0 aliphatic carbocycles. The summed E-state index contributed by atoms with van der Waals surface area (Å²) in [5, 5.41) is 19.2. The summed E-state index contributed by atoms with van der Waals surface area (Å²) < 4.78 is 0. The van der Waals surface area contributed by atoms with E-state index >= 15 is 0 Å². The first-order chi connectivity index (χ1) is 6.72. The number of hydrogen-bond donors (Lipinski definition) is 1. The number of benzene rings is 1. The van der Waals surface area contributed by atoms with Gasteiger partial charge in [-0.1, -0.05) is 0 Å². The Morgan fingerprint density at radius 3 is 3.00 bits per heavy atom. The second-order valence-corrected chi connectivity index (χ2v) is 2.66. The van der Waals surface area contributed by atoms with Gasteiger partial charge in [-0.3, -0.25) is 10.1 Å². The second kappa shape index (κ2) is 2.81. The van der Waals surface area contributed by atoms with Crippen LogP contribution in [0.1, 0.15) is 5.56 Å². The number of H-pyrrole nitrogens is 1. The third kappa shape index (κ3) is 1.08. The number of fused-ring (bicyclic) bond motifs is 1. The number of nitrogens with one attached hydrogen (secondary N) is 1. The van der Waals surface area contributed by atoms with Crippen LogP contribution in [0.4, 0.5) is 5.69 Å². The van der Waals surface area contributed by atoms with Gasteiger partial charge >= 0.3 is 0 Å². The van der Waals surface area contributed by atoms with Crippen molar-refractivity contribution >= 4 is 16.7 Å². The number of nitro benzene ring substituents is 1. The van der Waals surface area contributed by atoms with Gasteiger partial charge in [-0.25, -0.2) is 4.98 Å². The number of aromatic amines is 1. The van der Waals surface area contributed by atoms with Gasteiger partial charge in [0.1, 0.15) is 11.6 Å². The van der Waals surface area contributed by atoms with Crippen LogP contribution in [0.5, 0.6) is 0 Å². The lowest BCUT2D eigenvalue weighted by molar-refractivity contribution is -0.384. The van der Waals surface area contributed by atoms with Crippen molar-refractivity contribution < 1.29 is 4.92 Å². The summed E-state index contributed by atoms with van der Waals surface area (Å²) >= 11 is 0. The average molecular weight is 188 g/mol. The van der Waals surface area contributed by atoms with Crippen molar-refractivity contribution in [2.24, 2.45) is 0 Å². The molecular weight excluding hydrogens is 184 g/mol. The highest BCUT2D eigenvalue weighted by molar-refractivity contribution is 5.83. The largest absolute Gasteiger partial charge is 0.344 e. The highest BCUT2D eigenvalue weighted by Gasteiger charge is 2.12. The molecule has 6 nitrogen and oxygen atoms in total. The minimum Gasteiger partial charge on any atom is -0.344 e. The molecule has 0 saturated heterocycles. The lowest BCUT2D eigenvalue weighted by atomic mass is 10.2. The Morgan fingerprint density at radius 1 is 1.57 bits per heavy atom. The maximum Gasteiger partial charge on any atom is 0.272 e. The van der Waals surface area contributed by atoms with E-state index in [1.54, 1.807) is 0 Å². The van der Waals surface area contributed by atoms with E-state index in [4.69, 9.17) is 5.26 Å². The van der Waals surface area contributed by atoms with Crippen LogP contribution in [0.15, 0.2) is 18.5 Å². The van der Waals surface area contributed by atoms with E-state index in [2.05, 4.69) is 9.97 Å². The smallest absolute Gasteiger partial charge is 0.272 e. The van der Waals surface area contributed by atoms with Crippen molar-refractivity contribution in [2.45, 2.75) is 0 Å². The van der Waals surface area contributed by atoms with Gasteiger partial charge in [0, 0.05) is 12.1 Å². The van der Waals surface area contributed by atoms with Gasteiger partial charge in [0.2, 0.25) is 0 Å². The molecule has 0 spiro atoms. The Kier molecular flexibility index (Phi) is 1.65. The van der Waals surface area contributed by atoms with Crippen LogP contribution in [-0.2, 0) is 0 Å². The third-order valence-electron chi connectivity index (χ3n) is 1.84. The van der Waals surface area contributed by atoms with Crippen LogP contribution in [0.25, 0.3) is 11.0 Å². The molecule has 14 heavy (non-hydrogen) atoms. The Balaban J connectivity index is 2.82. The molecule has 1 aromatic carbocycles. The molecule has 0 atom stereocenters. The van der Waals surface area contributed by atoms with E-state index in [1.807, 2.05) is 6.07 Å². The fourth-order valence-electron chi connectivity index (χ4n) is 1.23. The first kappa shape index (κ1) is 8.19. The molecule has 0 fully saturated rings. The molecule has 68 valence electrons. The number of rotatable bonds is 1. The van der Waals surface area contributed by atoms with Gasteiger partial charge in [-0.15, -0.1) is 0 Å². The minimum absolute atomic E-state index is 0.113. The van der Waals surface area contributed by atoms with E-state index in [0.29, 0.717) is 11.0 Å². The molecule has 0 bridgehead atoms. The fourth-order valence-corrected chi connectivity index (χ4v) is 1.23. The van der Waals surface area contributed by atoms with Crippen molar-refractivity contribution in [1.29, 1.82) is 5.26 Å². The highest BCUT2D eigenvalue weighted by atomic mass is 16.6. The number of imidazole rings is 1. The van der Waals surface area contributed by atoms with Crippen molar-refractivity contribution in [3.63, 3.8) is 0 Å². The van der Waals surface area contributed by atoms with Gasteiger partial charge in [-0.2, -0.15) is 5.26 Å².